The second kappa shape index (κ2) is 7.00. The lowest BCUT2D eigenvalue weighted by Gasteiger charge is -2.29. The van der Waals surface area contributed by atoms with E-state index in [1.54, 1.807) is 0 Å². The van der Waals surface area contributed by atoms with Crippen molar-refractivity contribution in [2.24, 2.45) is 5.41 Å². The van der Waals surface area contributed by atoms with E-state index in [-0.39, 0.29) is 0 Å². The van der Waals surface area contributed by atoms with E-state index in [1.807, 2.05) is 4.90 Å². The molecule has 1 rings (SSSR count). The number of nitrogens with zero attached hydrogens (tertiary/aromatic N) is 1. The van der Waals surface area contributed by atoms with E-state index in [0.29, 0.717) is 31.0 Å². The van der Waals surface area contributed by atoms with Gasteiger partial charge >= 0.3 is 0 Å². The lowest BCUT2D eigenvalue weighted by Crippen LogP contribution is -2.40. The molecule has 3 heteroatoms. The smallest absolute Gasteiger partial charge is 0.222 e. The summed E-state index contributed by atoms with van der Waals surface area (Å²) >= 11 is 0. The van der Waals surface area contributed by atoms with Crippen LogP contribution in [-0.2, 0) is 9.53 Å². The van der Waals surface area contributed by atoms with Crippen molar-refractivity contribution >= 4 is 5.91 Å². The molecule has 1 amide bonds. The first-order chi connectivity index (χ1) is 8.05. The Morgan fingerprint density at radius 1 is 1.24 bits per heavy atom. The summed E-state index contributed by atoms with van der Waals surface area (Å²) in [4.78, 5) is 13.9. The predicted octanol–water partition coefficient (Wildman–Crippen LogP) is 2.84. The minimum absolute atomic E-state index is 0.304. The van der Waals surface area contributed by atoms with E-state index in [0.717, 1.165) is 19.5 Å². The van der Waals surface area contributed by atoms with Crippen LogP contribution in [0.1, 0.15) is 52.9 Å². The molecule has 0 aliphatic carbocycles. The van der Waals surface area contributed by atoms with Crippen molar-refractivity contribution in [1.29, 1.82) is 0 Å². The summed E-state index contributed by atoms with van der Waals surface area (Å²) in [6, 6.07) is 0. The Kier molecular flexibility index (Phi) is 5.96. The summed E-state index contributed by atoms with van der Waals surface area (Å²) < 4.78 is 5.25. The molecule has 0 spiro atoms. The Labute approximate surface area is 106 Å². The molecule has 1 saturated heterocycles. The Hall–Kier alpha value is -0.570. The number of rotatable bonds is 6. The van der Waals surface area contributed by atoms with Gasteiger partial charge in [-0.2, -0.15) is 0 Å². The van der Waals surface area contributed by atoms with E-state index in [9.17, 15) is 4.79 Å². The van der Waals surface area contributed by atoms with Crippen LogP contribution in [0, 0.1) is 5.41 Å². The summed E-state index contributed by atoms with van der Waals surface area (Å²) in [7, 11) is 0. The van der Waals surface area contributed by atoms with Crippen LogP contribution in [0.3, 0.4) is 0 Å². The van der Waals surface area contributed by atoms with Crippen molar-refractivity contribution in [2.75, 3.05) is 26.3 Å². The SMILES string of the molecule is CCCCC(C)(C)CCC(=O)N1CCOCC1. The summed E-state index contributed by atoms with van der Waals surface area (Å²) in [5.74, 6) is 0.304. The van der Waals surface area contributed by atoms with Crippen molar-refractivity contribution in [3.8, 4) is 0 Å². The van der Waals surface area contributed by atoms with E-state index < -0.39 is 0 Å². The molecule has 0 atom stereocenters. The maximum Gasteiger partial charge on any atom is 0.222 e. The first-order valence-corrected chi connectivity index (χ1v) is 6.91. The summed E-state index contributed by atoms with van der Waals surface area (Å²) in [6.45, 7) is 9.71. The van der Waals surface area contributed by atoms with Gasteiger partial charge in [-0.05, 0) is 18.3 Å². The Morgan fingerprint density at radius 3 is 2.47 bits per heavy atom. The van der Waals surface area contributed by atoms with Gasteiger partial charge in [-0.1, -0.05) is 33.6 Å². The number of amides is 1. The molecule has 1 fully saturated rings. The van der Waals surface area contributed by atoms with Crippen LogP contribution in [0.5, 0.6) is 0 Å². The minimum Gasteiger partial charge on any atom is -0.378 e. The van der Waals surface area contributed by atoms with Gasteiger partial charge in [0.1, 0.15) is 0 Å². The Balaban J connectivity index is 2.26. The molecule has 0 radical (unpaired) electrons. The number of carbonyl (C=O) groups is 1. The second-order valence-corrected chi connectivity index (χ2v) is 5.76. The lowest BCUT2D eigenvalue weighted by atomic mass is 9.82. The molecular weight excluding hydrogens is 214 g/mol. The average molecular weight is 241 g/mol. The van der Waals surface area contributed by atoms with Crippen molar-refractivity contribution in [3.63, 3.8) is 0 Å². The third kappa shape index (κ3) is 5.53. The molecule has 0 aromatic heterocycles. The highest BCUT2D eigenvalue weighted by Gasteiger charge is 2.22. The van der Waals surface area contributed by atoms with Crippen LogP contribution in [0.15, 0.2) is 0 Å². The molecule has 0 saturated carbocycles. The van der Waals surface area contributed by atoms with Crippen LogP contribution in [0.25, 0.3) is 0 Å². The Morgan fingerprint density at radius 2 is 1.88 bits per heavy atom. The highest BCUT2D eigenvalue weighted by molar-refractivity contribution is 5.76. The molecule has 1 aliphatic rings. The average Bonchev–Trinajstić information content (AvgIpc) is 2.35. The molecule has 0 unspecified atom stereocenters. The van der Waals surface area contributed by atoms with E-state index in [1.165, 1.54) is 19.3 Å². The molecular formula is C14H27NO2. The molecule has 100 valence electrons. The molecule has 1 aliphatic heterocycles. The zero-order valence-electron chi connectivity index (χ0n) is 11.6. The number of hydrogen-bond donors (Lipinski definition) is 0. The fourth-order valence-electron chi connectivity index (χ4n) is 2.20. The third-order valence-electron chi connectivity index (χ3n) is 3.59. The molecule has 0 aromatic rings. The van der Waals surface area contributed by atoms with Gasteiger partial charge in [0, 0.05) is 19.5 Å². The summed E-state index contributed by atoms with van der Waals surface area (Å²) in [6.07, 6.45) is 5.42. The van der Waals surface area contributed by atoms with Gasteiger partial charge in [0.05, 0.1) is 13.2 Å². The third-order valence-corrected chi connectivity index (χ3v) is 3.59. The van der Waals surface area contributed by atoms with Crippen molar-refractivity contribution < 1.29 is 9.53 Å². The zero-order chi connectivity index (χ0) is 12.7. The van der Waals surface area contributed by atoms with Gasteiger partial charge in [0.15, 0.2) is 0 Å². The normalized spacial score (nSPS) is 17.2. The van der Waals surface area contributed by atoms with E-state index in [4.69, 9.17) is 4.74 Å². The van der Waals surface area contributed by atoms with Crippen LogP contribution in [0.2, 0.25) is 0 Å². The molecule has 0 N–H and O–H groups in total. The number of ether oxygens (including phenoxy) is 1. The first-order valence-electron chi connectivity index (χ1n) is 6.91. The molecule has 3 nitrogen and oxygen atoms in total. The van der Waals surface area contributed by atoms with Crippen molar-refractivity contribution in [1.82, 2.24) is 4.90 Å². The standard InChI is InChI=1S/C14H27NO2/c1-4-5-7-14(2,3)8-6-13(16)15-9-11-17-12-10-15/h4-12H2,1-3H3. The van der Waals surface area contributed by atoms with Crippen LogP contribution in [0.4, 0.5) is 0 Å². The van der Waals surface area contributed by atoms with E-state index in [2.05, 4.69) is 20.8 Å². The fourth-order valence-corrected chi connectivity index (χ4v) is 2.20. The summed E-state index contributed by atoms with van der Waals surface area (Å²) in [5, 5.41) is 0. The Bertz CT molecular complexity index is 232. The maximum absolute atomic E-state index is 12.0. The van der Waals surface area contributed by atoms with Gasteiger partial charge < -0.3 is 9.64 Å². The second-order valence-electron chi connectivity index (χ2n) is 5.76. The minimum atomic E-state index is 0.304. The van der Waals surface area contributed by atoms with Gasteiger partial charge in [0.2, 0.25) is 5.91 Å². The molecule has 0 aromatic carbocycles. The zero-order valence-corrected chi connectivity index (χ0v) is 11.6. The number of morpholine rings is 1. The predicted molar refractivity (Wildman–Crippen MR) is 69.9 cm³/mol. The van der Waals surface area contributed by atoms with Gasteiger partial charge in [0.25, 0.3) is 0 Å². The quantitative estimate of drug-likeness (QED) is 0.715. The molecule has 17 heavy (non-hydrogen) atoms. The van der Waals surface area contributed by atoms with Crippen molar-refractivity contribution in [2.45, 2.75) is 52.9 Å². The number of carbonyl (C=O) groups excluding carboxylic acids is 1. The highest BCUT2D eigenvalue weighted by Crippen LogP contribution is 2.29. The lowest BCUT2D eigenvalue weighted by molar-refractivity contribution is -0.135. The van der Waals surface area contributed by atoms with Gasteiger partial charge in [-0.3, -0.25) is 4.79 Å². The fraction of sp³-hybridized carbons (Fsp3) is 0.929. The highest BCUT2D eigenvalue weighted by atomic mass is 16.5. The monoisotopic (exact) mass is 241 g/mol. The maximum atomic E-state index is 12.0. The first kappa shape index (κ1) is 14.5. The van der Waals surface area contributed by atoms with Crippen LogP contribution in [-0.4, -0.2) is 37.1 Å². The summed E-state index contributed by atoms with van der Waals surface area (Å²) in [5.41, 5.74) is 0.304. The van der Waals surface area contributed by atoms with Crippen LogP contribution >= 0.6 is 0 Å². The van der Waals surface area contributed by atoms with E-state index >= 15 is 0 Å². The topological polar surface area (TPSA) is 29.5 Å². The largest absolute Gasteiger partial charge is 0.378 e. The van der Waals surface area contributed by atoms with Gasteiger partial charge in [-0.25, -0.2) is 0 Å². The molecule has 1 heterocycles. The number of unbranched alkanes of at least 4 members (excludes halogenated alkanes) is 1. The van der Waals surface area contributed by atoms with Crippen molar-refractivity contribution in [3.05, 3.63) is 0 Å². The van der Waals surface area contributed by atoms with Gasteiger partial charge in [-0.15, -0.1) is 0 Å². The molecule has 0 bridgehead atoms. The van der Waals surface area contributed by atoms with Crippen LogP contribution < -0.4 is 0 Å². The number of hydrogen-bond acceptors (Lipinski definition) is 2.